The van der Waals surface area contributed by atoms with Crippen molar-refractivity contribution in [2.75, 3.05) is 0 Å². The third kappa shape index (κ3) is 3.09. The molecule has 0 aliphatic heterocycles. The summed E-state index contributed by atoms with van der Waals surface area (Å²) in [5.41, 5.74) is 1.70. The molecule has 7 heteroatoms. The van der Waals surface area contributed by atoms with Crippen LogP contribution in [0.3, 0.4) is 0 Å². The van der Waals surface area contributed by atoms with Crippen LogP contribution in [0.1, 0.15) is 18.6 Å². The lowest BCUT2D eigenvalue weighted by Crippen LogP contribution is -1.99. The summed E-state index contributed by atoms with van der Waals surface area (Å²) in [5.74, 6) is 0. The summed E-state index contributed by atoms with van der Waals surface area (Å²) in [6.07, 6.45) is 1.14. The van der Waals surface area contributed by atoms with Crippen molar-refractivity contribution in [3.8, 4) is 5.69 Å². The fourth-order valence-corrected chi connectivity index (χ4v) is 2.61. The van der Waals surface area contributed by atoms with E-state index in [2.05, 4.69) is 20.5 Å². The Labute approximate surface area is 125 Å². The lowest BCUT2D eigenvalue weighted by molar-refractivity contribution is 0.199. The van der Waals surface area contributed by atoms with Crippen molar-refractivity contribution in [2.45, 2.75) is 23.2 Å². The zero-order chi connectivity index (χ0) is 14.7. The molecule has 6 nitrogen and oxygen atoms in total. The van der Waals surface area contributed by atoms with Crippen LogP contribution in [0.4, 0.5) is 0 Å². The van der Waals surface area contributed by atoms with E-state index >= 15 is 0 Å². The predicted molar refractivity (Wildman–Crippen MR) is 78.1 cm³/mol. The monoisotopic (exact) mass is 299 g/mol. The number of aliphatic hydroxyl groups is 1. The fraction of sp³-hybridized carbons (Fsp3) is 0.143. The van der Waals surface area contributed by atoms with Crippen molar-refractivity contribution >= 4 is 11.8 Å². The van der Waals surface area contributed by atoms with Crippen LogP contribution in [-0.2, 0) is 0 Å². The van der Waals surface area contributed by atoms with Gasteiger partial charge in [0.2, 0.25) is 5.16 Å². The lowest BCUT2D eigenvalue weighted by atomic mass is 10.2. The average Bonchev–Trinajstić information content (AvgIpc) is 2.96. The fourth-order valence-electron chi connectivity index (χ4n) is 1.81. The average molecular weight is 299 g/mol. The molecule has 106 valence electrons. The highest BCUT2D eigenvalue weighted by molar-refractivity contribution is 7.99. The van der Waals surface area contributed by atoms with E-state index in [1.54, 1.807) is 23.9 Å². The molecular formula is C14H13N5OS. The summed E-state index contributed by atoms with van der Waals surface area (Å²) in [7, 11) is 0. The summed E-state index contributed by atoms with van der Waals surface area (Å²) >= 11 is 1.35. The minimum absolute atomic E-state index is 0.530. The topological polar surface area (TPSA) is 76.7 Å². The first-order valence-corrected chi connectivity index (χ1v) is 7.21. The van der Waals surface area contributed by atoms with Crippen LogP contribution in [0.5, 0.6) is 0 Å². The first kappa shape index (κ1) is 13.7. The molecule has 0 saturated heterocycles. The second-order valence-electron chi connectivity index (χ2n) is 4.41. The number of aliphatic hydroxyl groups excluding tert-OH is 1. The Kier molecular flexibility index (Phi) is 3.94. The van der Waals surface area contributed by atoms with E-state index in [0.717, 1.165) is 16.3 Å². The summed E-state index contributed by atoms with van der Waals surface area (Å²) < 4.78 is 1.65. The molecule has 1 N–H and O–H groups in total. The van der Waals surface area contributed by atoms with Gasteiger partial charge >= 0.3 is 0 Å². The predicted octanol–water partition coefficient (Wildman–Crippen LogP) is 2.26. The Morgan fingerprint density at radius 2 is 2.00 bits per heavy atom. The second-order valence-corrected chi connectivity index (χ2v) is 5.40. The summed E-state index contributed by atoms with van der Waals surface area (Å²) in [6.45, 7) is 1.72. The summed E-state index contributed by atoms with van der Waals surface area (Å²) in [4.78, 5) is 4.27. The molecule has 21 heavy (non-hydrogen) atoms. The van der Waals surface area contributed by atoms with E-state index in [-0.39, 0.29) is 0 Å². The normalized spacial score (nSPS) is 12.3. The molecule has 0 saturated carbocycles. The molecule has 3 aromatic rings. The van der Waals surface area contributed by atoms with Crippen LogP contribution in [0.2, 0.25) is 0 Å². The summed E-state index contributed by atoms with van der Waals surface area (Å²) in [5, 5.41) is 22.7. The van der Waals surface area contributed by atoms with Gasteiger partial charge < -0.3 is 5.11 Å². The highest BCUT2D eigenvalue weighted by Crippen LogP contribution is 2.26. The van der Waals surface area contributed by atoms with Crippen LogP contribution in [0.15, 0.2) is 58.8 Å². The van der Waals surface area contributed by atoms with Crippen LogP contribution < -0.4 is 0 Å². The third-order valence-electron chi connectivity index (χ3n) is 2.88. The van der Waals surface area contributed by atoms with Gasteiger partial charge in [0.15, 0.2) is 0 Å². The van der Waals surface area contributed by atoms with Crippen molar-refractivity contribution in [2.24, 2.45) is 0 Å². The van der Waals surface area contributed by atoms with Crippen LogP contribution in [-0.4, -0.2) is 30.3 Å². The smallest absolute Gasteiger partial charge is 0.220 e. The number of hydrogen-bond acceptors (Lipinski definition) is 6. The van der Waals surface area contributed by atoms with Crippen LogP contribution in [0.25, 0.3) is 5.69 Å². The zero-order valence-corrected chi connectivity index (χ0v) is 12.1. The number of para-hydroxylation sites is 1. The van der Waals surface area contributed by atoms with Crippen LogP contribution >= 0.6 is 11.8 Å². The number of hydrogen-bond donors (Lipinski definition) is 1. The number of nitrogens with zero attached hydrogens (tertiary/aromatic N) is 5. The molecule has 0 unspecified atom stereocenters. The van der Waals surface area contributed by atoms with Gasteiger partial charge in [-0.25, -0.2) is 4.98 Å². The van der Waals surface area contributed by atoms with Gasteiger partial charge in [-0.3, -0.25) is 0 Å². The molecule has 0 radical (unpaired) electrons. The first-order chi connectivity index (χ1) is 10.2. The van der Waals surface area contributed by atoms with Crippen LogP contribution in [0, 0.1) is 0 Å². The van der Waals surface area contributed by atoms with E-state index in [1.165, 1.54) is 11.8 Å². The standard InChI is InChI=1S/C14H13N5OS/c1-10(20)11-7-8-15-13(9-11)21-14-16-17-18-19(14)12-5-3-2-4-6-12/h2-10,20H,1H3/t10-/m0/s1. The Morgan fingerprint density at radius 3 is 2.76 bits per heavy atom. The number of benzene rings is 1. The van der Waals surface area contributed by atoms with Crippen molar-refractivity contribution in [1.29, 1.82) is 0 Å². The van der Waals surface area contributed by atoms with Crippen molar-refractivity contribution in [3.05, 3.63) is 54.2 Å². The number of aromatic nitrogens is 5. The highest BCUT2D eigenvalue weighted by atomic mass is 32.2. The van der Waals surface area contributed by atoms with Crippen molar-refractivity contribution in [1.82, 2.24) is 25.2 Å². The van der Waals surface area contributed by atoms with Crippen molar-refractivity contribution in [3.63, 3.8) is 0 Å². The highest BCUT2D eigenvalue weighted by Gasteiger charge is 2.11. The van der Waals surface area contributed by atoms with E-state index < -0.39 is 6.10 Å². The molecule has 0 fully saturated rings. The second kappa shape index (κ2) is 6.02. The number of pyridine rings is 1. The molecular weight excluding hydrogens is 286 g/mol. The van der Waals surface area contributed by atoms with E-state index in [9.17, 15) is 5.11 Å². The SMILES string of the molecule is C[C@H](O)c1ccnc(Sc2nnnn2-c2ccccc2)c1. The van der Waals surface area contributed by atoms with Gasteiger partial charge in [0, 0.05) is 6.20 Å². The van der Waals surface area contributed by atoms with Gasteiger partial charge in [0.25, 0.3) is 0 Å². The first-order valence-electron chi connectivity index (χ1n) is 6.40. The molecule has 1 atom stereocenters. The molecule has 3 rings (SSSR count). The maximum atomic E-state index is 9.62. The van der Waals surface area contributed by atoms with Gasteiger partial charge in [0.1, 0.15) is 5.03 Å². The third-order valence-corrected chi connectivity index (χ3v) is 3.75. The van der Waals surface area contributed by atoms with E-state index in [0.29, 0.717) is 5.16 Å². The van der Waals surface area contributed by atoms with E-state index in [4.69, 9.17) is 0 Å². The number of rotatable bonds is 4. The van der Waals surface area contributed by atoms with Gasteiger partial charge in [-0.15, -0.1) is 5.10 Å². The Balaban J connectivity index is 1.90. The van der Waals surface area contributed by atoms with Gasteiger partial charge in [-0.2, -0.15) is 4.68 Å². The van der Waals surface area contributed by atoms with Gasteiger partial charge in [-0.1, -0.05) is 18.2 Å². The number of tetrazole rings is 1. The molecule has 0 aliphatic rings. The van der Waals surface area contributed by atoms with Gasteiger partial charge in [0.05, 0.1) is 11.8 Å². The Bertz CT molecular complexity index is 729. The maximum Gasteiger partial charge on any atom is 0.220 e. The van der Waals surface area contributed by atoms with E-state index in [1.807, 2.05) is 36.4 Å². The summed E-state index contributed by atoms with van der Waals surface area (Å²) in [6, 6.07) is 13.3. The molecule has 0 bridgehead atoms. The molecule has 2 aromatic heterocycles. The largest absolute Gasteiger partial charge is 0.389 e. The van der Waals surface area contributed by atoms with Gasteiger partial charge in [-0.05, 0) is 58.9 Å². The van der Waals surface area contributed by atoms with Crippen molar-refractivity contribution < 1.29 is 5.11 Å². The Morgan fingerprint density at radius 1 is 1.19 bits per heavy atom. The molecule has 2 heterocycles. The molecule has 0 amide bonds. The zero-order valence-electron chi connectivity index (χ0n) is 11.3. The molecule has 1 aromatic carbocycles. The minimum Gasteiger partial charge on any atom is -0.389 e. The lowest BCUT2D eigenvalue weighted by Gasteiger charge is -2.06. The molecule has 0 spiro atoms. The maximum absolute atomic E-state index is 9.62. The minimum atomic E-state index is -0.530. The molecule has 0 aliphatic carbocycles. The Hall–Kier alpha value is -2.25. The quantitative estimate of drug-likeness (QED) is 0.796.